The van der Waals surface area contributed by atoms with E-state index in [0.717, 1.165) is 0 Å². The van der Waals surface area contributed by atoms with Crippen molar-refractivity contribution >= 4 is 29.0 Å². The second-order valence-corrected chi connectivity index (χ2v) is 2.50. The molecule has 0 aliphatic heterocycles. The van der Waals surface area contributed by atoms with E-state index in [4.69, 9.17) is 11.5 Å². The van der Waals surface area contributed by atoms with Crippen LogP contribution in [0.3, 0.4) is 0 Å². The minimum atomic E-state index is 0.330. The van der Waals surface area contributed by atoms with Gasteiger partial charge in [0.2, 0.25) is 0 Å². The van der Waals surface area contributed by atoms with Gasteiger partial charge in [-0.2, -0.15) is 0 Å². The standard InChI is InChI=1S/C4H8N2S2/c1-8-4(6)2-3(5)7/h2H,6H2,1H3,(H2,5,7)/b4-2+. The number of hydrogen-bond donors (Lipinski definition) is 2. The first-order chi connectivity index (χ1) is 3.66. The molecular weight excluding hydrogens is 140 g/mol. The first-order valence-corrected chi connectivity index (χ1v) is 3.60. The molecule has 0 aromatic carbocycles. The highest BCUT2D eigenvalue weighted by Crippen LogP contribution is 2.01. The van der Waals surface area contributed by atoms with Crippen LogP contribution in [0.1, 0.15) is 0 Å². The van der Waals surface area contributed by atoms with Crippen molar-refractivity contribution in [3.8, 4) is 0 Å². The number of nitrogens with two attached hydrogens (primary N) is 2. The second kappa shape index (κ2) is 3.74. The molecule has 0 atom stereocenters. The minimum absolute atomic E-state index is 0.330. The zero-order valence-corrected chi connectivity index (χ0v) is 6.18. The van der Waals surface area contributed by atoms with Gasteiger partial charge in [-0.1, -0.05) is 12.2 Å². The highest BCUT2D eigenvalue weighted by Gasteiger charge is 1.83. The van der Waals surface area contributed by atoms with Crippen LogP contribution in [-0.4, -0.2) is 11.2 Å². The van der Waals surface area contributed by atoms with Crippen molar-refractivity contribution in [3.05, 3.63) is 11.1 Å². The molecule has 0 aromatic rings. The van der Waals surface area contributed by atoms with Crippen molar-refractivity contribution in [2.75, 3.05) is 6.26 Å². The molecule has 2 nitrogen and oxygen atoms in total. The van der Waals surface area contributed by atoms with E-state index in [1.54, 1.807) is 6.08 Å². The molecule has 4 heteroatoms. The Bertz CT molecular complexity index is 119. The van der Waals surface area contributed by atoms with E-state index in [0.29, 0.717) is 10.0 Å². The van der Waals surface area contributed by atoms with E-state index in [9.17, 15) is 0 Å². The van der Waals surface area contributed by atoms with Gasteiger partial charge in [-0.3, -0.25) is 0 Å². The van der Waals surface area contributed by atoms with Crippen LogP contribution in [0.2, 0.25) is 0 Å². The molecule has 0 aliphatic rings. The van der Waals surface area contributed by atoms with Crippen LogP contribution >= 0.6 is 24.0 Å². The molecule has 0 aliphatic carbocycles. The number of thioether (sulfide) groups is 1. The summed E-state index contributed by atoms with van der Waals surface area (Å²) in [6.07, 6.45) is 3.42. The summed E-state index contributed by atoms with van der Waals surface area (Å²) >= 11 is 5.97. The summed E-state index contributed by atoms with van der Waals surface area (Å²) in [6.45, 7) is 0. The molecule has 0 rings (SSSR count). The fourth-order valence-electron chi connectivity index (χ4n) is 0.199. The molecule has 0 saturated heterocycles. The SMILES string of the molecule is CS/C(N)=C/C(N)=S. The summed E-state index contributed by atoms with van der Waals surface area (Å²) in [6, 6.07) is 0. The Balaban J connectivity index is 3.75. The van der Waals surface area contributed by atoms with Crippen LogP contribution in [0.25, 0.3) is 0 Å². The number of thiocarbonyl (C=S) groups is 1. The maximum Gasteiger partial charge on any atom is 0.0988 e. The van der Waals surface area contributed by atoms with Gasteiger partial charge < -0.3 is 11.5 Å². The fraction of sp³-hybridized carbons (Fsp3) is 0.250. The van der Waals surface area contributed by atoms with Gasteiger partial charge in [-0.05, 0) is 6.26 Å². The van der Waals surface area contributed by atoms with Crippen molar-refractivity contribution in [1.29, 1.82) is 0 Å². The molecule has 0 unspecified atom stereocenters. The molecule has 0 saturated carbocycles. The lowest BCUT2D eigenvalue weighted by Gasteiger charge is -1.90. The summed E-state index contributed by atoms with van der Waals surface area (Å²) in [5, 5.41) is 0.650. The summed E-state index contributed by atoms with van der Waals surface area (Å²) in [7, 11) is 0. The Kier molecular flexibility index (Phi) is 3.64. The molecule has 0 aromatic heterocycles. The van der Waals surface area contributed by atoms with Gasteiger partial charge in [0.25, 0.3) is 0 Å². The van der Waals surface area contributed by atoms with Crippen LogP contribution in [-0.2, 0) is 0 Å². The van der Waals surface area contributed by atoms with E-state index in [1.807, 2.05) is 6.26 Å². The Labute approximate surface area is 58.3 Å². The molecular formula is C4H8N2S2. The molecule has 46 valence electrons. The van der Waals surface area contributed by atoms with Crippen molar-refractivity contribution in [3.63, 3.8) is 0 Å². The fourth-order valence-corrected chi connectivity index (χ4v) is 0.646. The molecule has 0 radical (unpaired) electrons. The maximum absolute atomic E-state index is 5.33. The van der Waals surface area contributed by atoms with E-state index in [2.05, 4.69) is 12.2 Å². The first-order valence-electron chi connectivity index (χ1n) is 1.97. The van der Waals surface area contributed by atoms with Crippen LogP contribution in [0.5, 0.6) is 0 Å². The van der Waals surface area contributed by atoms with Crippen molar-refractivity contribution in [2.45, 2.75) is 0 Å². The molecule has 4 N–H and O–H groups in total. The van der Waals surface area contributed by atoms with E-state index in [1.165, 1.54) is 11.8 Å². The lowest BCUT2D eigenvalue weighted by molar-refractivity contribution is 1.56. The van der Waals surface area contributed by atoms with Crippen molar-refractivity contribution in [2.24, 2.45) is 11.5 Å². The zero-order valence-electron chi connectivity index (χ0n) is 4.55. The average Bonchev–Trinajstić information content (AvgIpc) is 1.65. The largest absolute Gasteiger partial charge is 0.393 e. The van der Waals surface area contributed by atoms with Gasteiger partial charge in [0.05, 0.1) is 10.0 Å². The normalized spacial score (nSPS) is 11.4. The highest BCUT2D eigenvalue weighted by molar-refractivity contribution is 8.02. The Morgan fingerprint density at radius 3 is 2.25 bits per heavy atom. The third-order valence-electron chi connectivity index (χ3n) is 0.520. The average molecular weight is 148 g/mol. The summed E-state index contributed by atoms with van der Waals surface area (Å²) in [4.78, 5) is 0.330. The molecule has 0 amide bonds. The van der Waals surface area contributed by atoms with Gasteiger partial charge >= 0.3 is 0 Å². The highest BCUT2D eigenvalue weighted by atomic mass is 32.2. The van der Waals surface area contributed by atoms with E-state index < -0.39 is 0 Å². The first kappa shape index (κ1) is 7.78. The van der Waals surface area contributed by atoms with Gasteiger partial charge in [0.1, 0.15) is 0 Å². The minimum Gasteiger partial charge on any atom is -0.393 e. The van der Waals surface area contributed by atoms with E-state index >= 15 is 0 Å². The smallest absolute Gasteiger partial charge is 0.0988 e. The Morgan fingerprint density at radius 1 is 1.62 bits per heavy atom. The van der Waals surface area contributed by atoms with Gasteiger partial charge in [0.15, 0.2) is 0 Å². The molecule has 8 heavy (non-hydrogen) atoms. The lowest BCUT2D eigenvalue weighted by atomic mass is 10.6. The van der Waals surface area contributed by atoms with Gasteiger partial charge in [-0.15, -0.1) is 11.8 Å². The molecule has 0 heterocycles. The monoisotopic (exact) mass is 148 g/mol. The van der Waals surface area contributed by atoms with Crippen LogP contribution in [0.4, 0.5) is 0 Å². The number of rotatable bonds is 2. The van der Waals surface area contributed by atoms with Crippen LogP contribution in [0.15, 0.2) is 11.1 Å². The van der Waals surface area contributed by atoms with Crippen LogP contribution < -0.4 is 11.5 Å². The van der Waals surface area contributed by atoms with Gasteiger partial charge in [-0.25, -0.2) is 0 Å². The molecule has 0 spiro atoms. The van der Waals surface area contributed by atoms with Crippen molar-refractivity contribution in [1.82, 2.24) is 0 Å². The molecule has 0 bridgehead atoms. The summed E-state index contributed by atoms with van der Waals surface area (Å²) in [5.74, 6) is 0. The number of hydrogen-bond acceptors (Lipinski definition) is 3. The second-order valence-electron chi connectivity index (χ2n) is 1.15. The topological polar surface area (TPSA) is 52.0 Å². The Hall–Kier alpha value is -0.220. The summed E-state index contributed by atoms with van der Waals surface area (Å²) < 4.78 is 0. The Morgan fingerprint density at radius 2 is 2.12 bits per heavy atom. The van der Waals surface area contributed by atoms with Crippen molar-refractivity contribution < 1.29 is 0 Å². The van der Waals surface area contributed by atoms with Gasteiger partial charge in [0, 0.05) is 6.08 Å². The predicted molar refractivity (Wildman–Crippen MR) is 42.6 cm³/mol. The zero-order chi connectivity index (χ0) is 6.57. The third-order valence-corrected chi connectivity index (χ3v) is 1.23. The lowest BCUT2D eigenvalue weighted by Crippen LogP contribution is -2.06. The van der Waals surface area contributed by atoms with Crippen LogP contribution in [0, 0.1) is 0 Å². The summed E-state index contributed by atoms with van der Waals surface area (Å²) in [5.41, 5.74) is 10.5. The predicted octanol–water partition coefficient (Wildman–Crippen LogP) is 0.436. The quantitative estimate of drug-likeness (QED) is 0.440. The van der Waals surface area contributed by atoms with E-state index in [-0.39, 0.29) is 0 Å². The molecule has 0 fully saturated rings. The maximum atomic E-state index is 5.33. The third kappa shape index (κ3) is 3.95.